The van der Waals surface area contributed by atoms with Crippen molar-refractivity contribution in [2.75, 3.05) is 0 Å². The van der Waals surface area contributed by atoms with E-state index in [0.717, 1.165) is 5.56 Å². The summed E-state index contributed by atoms with van der Waals surface area (Å²) in [6.45, 7) is 0. The molecule has 19 heavy (non-hydrogen) atoms. The lowest BCUT2D eigenvalue weighted by Gasteiger charge is -2.06. The van der Waals surface area contributed by atoms with Gasteiger partial charge in [0.1, 0.15) is 11.5 Å². The van der Waals surface area contributed by atoms with Crippen LogP contribution in [0.15, 0.2) is 36.4 Å². The van der Waals surface area contributed by atoms with Gasteiger partial charge in [-0.15, -0.1) is 0 Å². The summed E-state index contributed by atoms with van der Waals surface area (Å²) in [5.41, 5.74) is 1.55. The average Bonchev–Trinajstić information content (AvgIpc) is 2.36. The van der Waals surface area contributed by atoms with Gasteiger partial charge in [-0.1, -0.05) is 12.1 Å². The van der Waals surface area contributed by atoms with E-state index in [4.69, 9.17) is 0 Å². The summed E-state index contributed by atoms with van der Waals surface area (Å²) >= 11 is 0. The van der Waals surface area contributed by atoms with Crippen LogP contribution < -0.4 is 0 Å². The molecule has 0 aliphatic rings. The first-order valence-electron chi connectivity index (χ1n) is 5.92. The molecule has 4 N–H and O–H groups in total. The number of benzene rings is 2. The van der Waals surface area contributed by atoms with Crippen molar-refractivity contribution in [1.29, 1.82) is 0 Å². The lowest BCUT2D eigenvalue weighted by molar-refractivity contribution is 0.403. The van der Waals surface area contributed by atoms with Crippen LogP contribution >= 0.6 is 0 Å². The van der Waals surface area contributed by atoms with Gasteiger partial charge in [-0.05, 0) is 48.6 Å². The second-order valence-electron chi connectivity index (χ2n) is 4.31. The molecule has 0 aliphatic heterocycles. The van der Waals surface area contributed by atoms with Crippen LogP contribution in [0.1, 0.15) is 17.5 Å². The smallest absolute Gasteiger partial charge is 0.157 e. The van der Waals surface area contributed by atoms with Gasteiger partial charge in [-0.2, -0.15) is 0 Å². The molecule has 1 radical (unpaired) electrons. The Labute approximate surface area is 111 Å². The van der Waals surface area contributed by atoms with E-state index in [1.807, 2.05) is 6.42 Å². The molecule has 0 spiro atoms. The minimum atomic E-state index is -0.135. The normalized spacial score (nSPS) is 10.5. The molecule has 2 aromatic carbocycles. The van der Waals surface area contributed by atoms with Gasteiger partial charge in [-0.3, -0.25) is 0 Å². The zero-order valence-corrected chi connectivity index (χ0v) is 10.2. The Balaban J connectivity index is 1.94. The fourth-order valence-corrected chi connectivity index (χ4v) is 1.82. The maximum absolute atomic E-state index is 9.60. The Kier molecular flexibility index (Phi) is 3.80. The maximum atomic E-state index is 9.60. The van der Waals surface area contributed by atoms with Crippen LogP contribution in [0.4, 0.5) is 0 Å². The van der Waals surface area contributed by atoms with E-state index in [2.05, 4.69) is 0 Å². The Morgan fingerprint density at radius 1 is 0.789 bits per heavy atom. The molecule has 4 heteroatoms. The third-order valence-electron chi connectivity index (χ3n) is 2.85. The second kappa shape index (κ2) is 5.52. The highest BCUT2D eigenvalue weighted by atomic mass is 16.3. The van der Waals surface area contributed by atoms with Crippen molar-refractivity contribution in [2.24, 2.45) is 0 Å². The van der Waals surface area contributed by atoms with Crippen molar-refractivity contribution in [2.45, 2.75) is 12.8 Å². The monoisotopic (exact) mass is 259 g/mol. The molecule has 2 aromatic rings. The summed E-state index contributed by atoms with van der Waals surface area (Å²) < 4.78 is 0. The summed E-state index contributed by atoms with van der Waals surface area (Å²) in [4.78, 5) is 0. The number of hydrogen-bond acceptors (Lipinski definition) is 4. The van der Waals surface area contributed by atoms with E-state index in [-0.39, 0.29) is 23.0 Å². The van der Waals surface area contributed by atoms with E-state index < -0.39 is 0 Å². The average molecular weight is 259 g/mol. The molecule has 0 aromatic heterocycles. The fraction of sp³-hybridized carbons (Fsp3) is 0.133. The molecule has 0 aliphatic carbocycles. The van der Waals surface area contributed by atoms with E-state index >= 15 is 0 Å². The van der Waals surface area contributed by atoms with E-state index in [9.17, 15) is 20.4 Å². The lowest BCUT2D eigenvalue weighted by Crippen LogP contribution is -1.88. The topological polar surface area (TPSA) is 80.9 Å². The molecule has 99 valence electrons. The Bertz CT molecular complexity index is 578. The third kappa shape index (κ3) is 3.31. The largest absolute Gasteiger partial charge is 0.508 e. The molecule has 2 rings (SSSR count). The summed E-state index contributed by atoms with van der Waals surface area (Å²) in [5.74, 6) is -0.208. The molecule has 0 atom stereocenters. The minimum absolute atomic E-state index is 0.0260. The number of phenols is 4. The second-order valence-corrected chi connectivity index (χ2v) is 4.31. The Hall–Kier alpha value is -2.36. The van der Waals surface area contributed by atoms with Gasteiger partial charge < -0.3 is 20.4 Å². The van der Waals surface area contributed by atoms with Crippen LogP contribution in [-0.4, -0.2) is 20.4 Å². The van der Waals surface area contributed by atoms with E-state index in [1.165, 1.54) is 24.3 Å². The SMILES string of the molecule is Oc1ccc([CH]CCc2ccc(O)c(O)c2)c(O)c1. The number of phenolic OH excluding ortho intramolecular Hbond substituents is 4. The van der Waals surface area contributed by atoms with Crippen LogP contribution in [0.3, 0.4) is 0 Å². The van der Waals surface area contributed by atoms with Crippen LogP contribution in [0.25, 0.3) is 0 Å². The van der Waals surface area contributed by atoms with Gasteiger partial charge in [0.25, 0.3) is 0 Å². The van der Waals surface area contributed by atoms with Crippen molar-refractivity contribution in [3.63, 3.8) is 0 Å². The van der Waals surface area contributed by atoms with Crippen molar-refractivity contribution in [1.82, 2.24) is 0 Å². The van der Waals surface area contributed by atoms with Crippen molar-refractivity contribution < 1.29 is 20.4 Å². The Morgan fingerprint density at radius 2 is 1.58 bits per heavy atom. The zero-order chi connectivity index (χ0) is 13.8. The first kappa shape index (κ1) is 13.1. The number of rotatable bonds is 4. The predicted octanol–water partition coefficient (Wildman–Crippen LogP) is 2.69. The molecule has 0 unspecified atom stereocenters. The lowest BCUT2D eigenvalue weighted by atomic mass is 10.0. The number of aryl methyl sites for hydroxylation is 1. The molecule has 0 bridgehead atoms. The van der Waals surface area contributed by atoms with Gasteiger partial charge >= 0.3 is 0 Å². The van der Waals surface area contributed by atoms with Crippen molar-refractivity contribution in [3.8, 4) is 23.0 Å². The summed E-state index contributed by atoms with van der Waals surface area (Å²) in [7, 11) is 0. The predicted molar refractivity (Wildman–Crippen MR) is 71.3 cm³/mol. The van der Waals surface area contributed by atoms with Crippen LogP contribution in [0, 0.1) is 6.42 Å². The summed E-state index contributed by atoms with van der Waals surface area (Å²) in [6.07, 6.45) is 3.19. The Morgan fingerprint density at radius 3 is 2.26 bits per heavy atom. The number of hydrogen-bond donors (Lipinski definition) is 4. The van der Waals surface area contributed by atoms with Crippen molar-refractivity contribution in [3.05, 3.63) is 53.9 Å². The van der Waals surface area contributed by atoms with Crippen molar-refractivity contribution >= 4 is 0 Å². The van der Waals surface area contributed by atoms with E-state index in [0.29, 0.717) is 18.4 Å². The quantitative estimate of drug-likeness (QED) is 0.636. The molecule has 0 fully saturated rings. The molecule has 4 nitrogen and oxygen atoms in total. The van der Waals surface area contributed by atoms with Gasteiger partial charge in [0, 0.05) is 6.07 Å². The van der Waals surface area contributed by atoms with E-state index in [1.54, 1.807) is 12.1 Å². The van der Waals surface area contributed by atoms with Gasteiger partial charge in [-0.25, -0.2) is 0 Å². The number of aromatic hydroxyl groups is 4. The van der Waals surface area contributed by atoms with Crippen LogP contribution in [0.2, 0.25) is 0 Å². The first-order valence-corrected chi connectivity index (χ1v) is 5.92. The highest BCUT2D eigenvalue weighted by Gasteiger charge is 2.04. The molecule has 0 saturated carbocycles. The molecule has 0 saturated heterocycles. The third-order valence-corrected chi connectivity index (χ3v) is 2.85. The van der Waals surface area contributed by atoms with Gasteiger partial charge in [0.2, 0.25) is 0 Å². The highest BCUT2D eigenvalue weighted by Crippen LogP contribution is 2.27. The molecule has 0 amide bonds. The molecular formula is C15H15O4. The summed E-state index contributed by atoms with van der Waals surface area (Å²) in [5, 5.41) is 37.3. The molecular weight excluding hydrogens is 244 g/mol. The zero-order valence-electron chi connectivity index (χ0n) is 10.2. The van der Waals surface area contributed by atoms with Crippen LogP contribution in [0.5, 0.6) is 23.0 Å². The van der Waals surface area contributed by atoms with Crippen LogP contribution in [-0.2, 0) is 6.42 Å². The summed E-state index contributed by atoms with van der Waals surface area (Å²) in [6, 6.07) is 9.14. The standard InChI is InChI=1S/C15H15O4/c16-12-6-5-11(14(18)9-12)3-1-2-10-4-7-13(17)15(19)8-10/h3-9,16-19H,1-2H2. The minimum Gasteiger partial charge on any atom is -0.508 e. The fourth-order valence-electron chi connectivity index (χ4n) is 1.82. The van der Waals surface area contributed by atoms with Gasteiger partial charge in [0.05, 0.1) is 0 Å². The maximum Gasteiger partial charge on any atom is 0.157 e. The highest BCUT2D eigenvalue weighted by molar-refractivity contribution is 5.43. The van der Waals surface area contributed by atoms with Gasteiger partial charge in [0.15, 0.2) is 11.5 Å². The molecule has 0 heterocycles. The first-order chi connectivity index (χ1) is 9.06.